The predicted molar refractivity (Wildman–Crippen MR) is 77.5 cm³/mol. The highest BCUT2D eigenvalue weighted by Gasteiger charge is 2.13. The lowest BCUT2D eigenvalue weighted by Gasteiger charge is -2.09. The van der Waals surface area contributed by atoms with Gasteiger partial charge < -0.3 is 14.8 Å². The number of rotatable bonds is 3. The van der Waals surface area contributed by atoms with Crippen LogP contribution in [0.5, 0.6) is 11.5 Å². The highest BCUT2D eigenvalue weighted by atomic mass is 32.1. The number of hydrogen-bond acceptors (Lipinski definition) is 3. The summed E-state index contributed by atoms with van der Waals surface area (Å²) in [5.74, 6) is 1.19. The molecule has 0 atom stereocenters. The molecule has 2 aromatic carbocycles. The number of nitrogens with one attached hydrogen (secondary N) is 1. The summed E-state index contributed by atoms with van der Waals surface area (Å²) >= 11 is 5.24. The first kappa shape index (κ1) is 12.9. The molecule has 0 amide bonds. The normalized spacial score (nSPS) is 12.2. The van der Waals surface area contributed by atoms with Crippen molar-refractivity contribution >= 4 is 17.2 Å². The van der Waals surface area contributed by atoms with Crippen molar-refractivity contribution in [3.63, 3.8) is 0 Å². The van der Waals surface area contributed by atoms with E-state index in [1.807, 2.05) is 18.2 Å². The first-order valence-corrected chi connectivity index (χ1v) is 6.55. The summed E-state index contributed by atoms with van der Waals surface area (Å²) in [6.45, 7) is 0.805. The molecule has 0 unspecified atom stereocenters. The fraction of sp³-hybridized carbons (Fsp3) is 0.133. The van der Waals surface area contributed by atoms with Gasteiger partial charge >= 0.3 is 0 Å². The van der Waals surface area contributed by atoms with E-state index in [4.69, 9.17) is 21.7 Å². The fourth-order valence-electron chi connectivity index (χ4n) is 1.97. The summed E-state index contributed by atoms with van der Waals surface area (Å²) in [6, 6.07) is 11.9. The van der Waals surface area contributed by atoms with E-state index in [1.54, 1.807) is 12.1 Å². The van der Waals surface area contributed by atoms with Gasteiger partial charge in [-0.1, -0.05) is 30.4 Å². The Morgan fingerprint density at radius 2 is 2.00 bits per heavy atom. The molecule has 3 nitrogen and oxygen atoms in total. The Kier molecular flexibility index (Phi) is 3.52. The second-order valence-corrected chi connectivity index (χ2v) is 4.79. The third-order valence-corrected chi connectivity index (χ3v) is 3.36. The summed E-state index contributed by atoms with van der Waals surface area (Å²) in [5.41, 5.74) is 1.69. The topological polar surface area (TPSA) is 30.5 Å². The van der Waals surface area contributed by atoms with Crippen molar-refractivity contribution in [1.29, 1.82) is 0 Å². The maximum Gasteiger partial charge on any atom is 0.231 e. The van der Waals surface area contributed by atoms with Crippen molar-refractivity contribution in [2.24, 2.45) is 0 Å². The highest BCUT2D eigenvalue weighted by molar-refractivity contribution is 7.80. The molecule has 2 aromatic rings. The summed E-state index contributed by atoms with van der Waals surface area (Å²) < 4.78 is 23.7. The van der Waals surface area contributed by atoms with Crippen molar-refractivity contribution in [2.75, 3.05) is 6.79 Å². The Labute approximate surface area is 121 Å². The van der Waals surface area contributed by atoms with Crippen LogP contribution in [0, 0.1) is 5.82 Å². The maximum absolute atomic E-state index is 13.1. The highest BCUT2D eigenvalue weighted by Crippen LogP contribution is 2.32. The van der Waals surface area contributed by atoms with Crippen molar-refractivity contribution < 1.29 is 13.9 Å². The Hall–Kier alpha value is -2.14. The first-order valence-electron chi connectivity index (χ1n) is 6.15. The van der Waals surface area contributed by atoms with Gasteiger partial charge in [-0.15, -0.1) is 0 Å². The zero-order valence-electron chi connectivity index (χ0n) is 10.6. The minimum atomic E-state index is -0.297. The molecular formula is C15H12FNO2S. The van der Waals surface area contributed by atoms with Gasteiger partial charge in [0.25, 0.3) is 0 Å². The average Bonchev–Trinajstić information content (AvgIpc) is 2.92. The van der Waals surface area contributed by atoms with Gasteiger partial charge in [-0.05, 0) is 29.8 Å². The van der Waals surface area contributed by atoms with Crippen LogP contribution in [0.3, 0.4) is 0 Å². The molecule has 0 fully saturated rings. The molecule has 1 heterocycles. The zero-order valence-corrected chi connectivity index (χ0v) is 11.4. The minimum absolute atomic E-state index is 0.258. The third kappa shape index (κ3) is 2.72. The van der Waals surface area contributed by atoms with E-state index in [0.29, 0.717) is 17.1 Å². The van der Waals surface area contributed by atoms with Crippen LogP contribution in [0.25, 0.3) is 0 Å². The first-order chi connectivity index (χ1) is 9.72. The van der Waals surface area contributed by atoms with E-state index in [2.05, 4.69) is 5.32 Å². The van der Waals surface area contributed by atoms with Gasteiger partial charge in [-0.2, -0.15) is 0 Å². The molecule has 0 aromatic heterocycles. The number of hydrogen-bond donors (Lipinski definition) is 1. The molecule has 0 aliphatic carbocycles. The Morgan fingerprint density at radius 3 is 2.85 bits per heavy atom. The Bertz CT molecular complexity index is 660. The van der Waals surface area contributed by atoms with Crippen LogP contribution in [0.2, 0.25) is 0 Å². The summed E-state index contributed by atoms with van der Waals surface area (Å²) in [4.78, 5) is 0.516. The average molecular weight is 289 g/mol. The van der Waals surface area contributed by atoms with Crippen molar-refractivity contribution in [1.82, 2.24) is 5.32 Å². The van der Waals surface area contributed by atoms with Crippen molar-refractivity contribution in [3.8, 4) is 11.5 Å². The van der Waals surface area contributed by atoms with Crippen LogP contribution < -0.4 is 14.8 Å². The third-order valence-electron chi connectivity index (χ3n) is 2.98. The molecule has 102 valence electrons. The van der Waals surface area contributed by atoms with Gasteiger partial charge in [-0.3, -0.25) is 0 Å². The lowest BCUT2D eigenvalue weighted by atomic mass is 10.2. The van der Waals surface area contributed by atoms with Gasteiger partial charge in [0.05, 0.1) is 0 Å². The van der Waals surface area contributed by atoms with E-state index in [-0.39, 0.29) is 12.6 Å². The lowest BCUT2D eigenvalue weighted by Crippen LogP contribution is -2.21. The zero-order chi connectivity index (χ0) is 13.9. The largest absolute Gasteiger partial charge is 0.454 e. The lowest BCUT2D eigenvalue weighted by molar-refractivity contribution is 0.174. The SMILES string of the molecule is Fc1cccc(C(=S)NCc2ccc3c(c2)OCO3)c1. The van der Waals surface area contributed by atoms with Crippen molar-refractivity contribution in [2.45, 2.75) is 6.54 Å². The van der Waals surface area contributed by atoms with E-state index >= 15 is 0 Å². The van der Waals surface area contributed by atoms with E-state index in [1.165, 1.54) is 12.1 Å². The molecule has 0 saturated carbocycles. The molecule has 5 heteroatoms. The molecular weight excluding hydrogens is 277 g/mol. The molecule has 0 bridgehead atoms. The molecule has 20 heavy (non-hydrogen) atoms. The van der Waals surface area contributed by atoms with Gasteiger partial charge in [-0.25, -0.2) is 4.39 Å². The smallest absolute Gasteiger partial charge is 0.231 e. The molecule has 3 rings (SSSR count). The van der Waals surface area contributed by atoms with Gasteiger partial charge in [0.15, 0.2) is 11.5 Å². The number of halogens is 1. The van der Waals surface area contributed by atoms with Crippen LogP contribution in [-0.4, -0.2) is 11.8 Å². The van der Waals surface area contributed by atoms with Gasteiger partial charge in [0.2, 0.25) is 6.79 Å². The number of fused-ring (bicyclic) bond motifs is 1. The van der Waals surface area contributed by atoms with Crippen LogP contribution in [0.4, 0.5) is 4.39 Å². The maximum atomic E-state index is 13.1. The van der Waals surface area contributed by atoms with Crippen LogP contribution >= 0.6 is 12.2 Å². The molecule has 0 spiro atoms. The van der Waals surface area contributed by atoms with E-state index < -0.39 is 0 Å². The second kappa shape index (κ2) is 5.46. The molecule has 1 N–H and O–H groups in total. The Balaban J connectivity index is 1.66. The van der Waals surface area contributed by atoms with Crippen LogP contribution in [0.1, 0.15) is 11.1 Å². The van der Waals surface area contributed by atoms with Gasteiger partial charge in [0.1, 0.15) is 10.8 Å². The second-order valence-electron chi connectivity index (χ2n) is 4.38. The Morgan fingerprint density at radius 1 is 1.15 bits per heavy atom. The molecule has 1 aliphatic heterocycles. The minimum Gasteiger partial charge on any atom is -0.454 e. The summed E-state index contributed by atoms with van der Waals surface area (Å²) in [6.07, 6.45) is 0. The fourth-order valence-corrected chi connectivity index (χ4v) is 2.16. The summed E-state index contributed by atoms with van der Waals surface area (Å²) in [7, 11) is 0. The summed E-state index contributed by atoms with van der Waals surface area (Å²) in [5, 5.41) is 3.10. The predicted octanol–water partition coefficient (Wildman–Crippen LogP) is 3.02. The number of benzene rings is 2. The standard InChI is InChI=1S/C15H12FNO2S/c16-12-3-1-2-11(7-12)15(20)17-8-10-4-5-13-14(6-10)19-9-18-13/h1-7H,8-9H2,(H,17,20). The quantitative estimate of drug-likeness (QED) is 0.880. The van der Waals surface area contributed by atoms with E-state index in [9.17, 15) is 4.39 Å². The van der Waals surface area contributed by atoms with Crippen LogP contribution in [0.15, 0.2) is 42.5 Å². The van der Waals surface area contributed by atoms with Crippen molar-refractivity contribution in [3.05, 3.63) is 59.4 Å². The number of thiocarbonyl (C=S) groups is 1. The van der Waals surface area contributed by atoms with E-state index in [0.717, 1.165) is 17.1 Å². The molecule has 1 aliphatic rings. The molecule has 0 saturated heterocycles. The monoisotopic (exact) mass is 289 g/mol. The van der Waals surface area contributed by atoms with Crippen LogP contribution in [-0.2, 0) is 6.54 Å². The molecule has 0 radical (unpaired) electrons. The van der Waals surface area contributed by atoms with Gasteiger partial charge in [0, 0.05) is 12.1 Å². The number of ether oxygens (including phenoxy) is 2.